The molecule has 0 N–H and O–H groups in total. The fraction of sp³-hybridized carbons (Fsp3) is 0.350. The van der Waals surface area contributed by atoms with E-state index >= 15 is 0 Å². The monoisotopic (exact) mass is 423 g/mol. The molecule has 2 aromatic carbocycles. The Morgan fingerprint density at radius 3 is 2.48 bits per heavy atom. The fourth-order valence-corrected chi connectivity index (χ4v) is 5.26. The average Bonchev–Trinajstić information content (AvgIpc) is 3.11. The molecule has 0 amide bonds. The quantitative estimate of drug-likeness (QED) is 0.633. The normalized spacial score (nSPS) is 17.1. The predicted octanol–water partition coefficient (Wildman–Crippen LogP) is 4.16. The van der Waals surface area contributed by atoms with Crippen molar-refractivity contribution in [1.82, 2.24) is 13.9 Å². The molecule has 9 heteroatoms. The van der Waals surface area contributed by atoms with Crippen molar-refractivity contribution in [3.63, 3.8) is 0 Å². The number of hydrogen-bond acceptors (Lipinski definition) is 3. The standard InChI is InChI=1S/C20H20F3N3O2S/c21-20(22,23)16-4-3-5-17(12-16)29(27,28)26-10-8-15(9-11-26)13-25-14-24-18-6-1-2-7-19(18)25/h1-7,12,14-15H,8-11,13H2. The van der Waals surface area contributed by atoms with Crippen LogP contribution in [-0.2, 0) is 22.7 Å². The molecule has 0 aliphatic carbocycles. The molecule has 4 rings (SSSR count). The minimum Gasteiger partial charge on any atom is -0.330 e. The Labute approximate surface area is 166 Å². The summed E-state index contributed by atoms with van der Waals surface area (Å²) in [5.41, 5.74) is 0.990. The van der Waals surface area contributed by atoms with Crippen molar-refractivity contribution in [1.29, 1.82) is 0 Å². The third kappa shape index (κ3) is 4.02. The van der Waals surface area contributed by atoms with E-state index in [1.54, 1.807) is 6.33 Å². The van der Waals surface area contributed by atoms with Crippen molar-refractivity contribution in [2.75, 3.05) is 13.1 Å². The Hall–Kier alpha value is -2.39. The summed E-state index contributed by atoms with van der Waals surface area (Å²) in [6.45, 7) is 1.31. The lowest BCUT2D eigenvalue weighted by molar-refractivity contribution is -0.137. The smallest absolute Gasteiger partial charge is 0.330 e. The first kappa shape index (κ1) is 19.9. The number of rotatable bonds is 4. The lowest BCUT2D eigenvalue weighted by atomic mass is 9.98. The van der Waals surface area contributed by atoms with E-state index in [4.69, 9.17) is 0 Å². The minimum absolute atomic E-state index is 0.278. The van der Waals surface area contributed by atoms with Gasteiger partial charge in [-0.2, -0.15) is 17.5 Å². The molecule has 1 aliphatic rings. The van der Waals surface area contributed by atoms with Crippen molar-refractivity contribution >= 4 is 21.1 Å². The number of aromatic nitrogens is 2. The lowest BCUT2D eigenvalue weighted by Gasteiger charge is -2.31. The highest BCUT2D eigenvalue weighted by Gasteiger charge is 2.34. The molecular formula is C20H20F3N3O2S. The Bertz CT molecular complexity index is 1120. The van der Waals surface area contributed by atoms with Gasteiger partial charge in [0.2, 0.25) is 10.0 Å². The molecule has 29 heavy (non-hydrogen) atoms. The number of piperidine rings is 1. The van der Waals surface area contributed by atoms with Crippen LogP contribution in [0.4, 0.5) is 13.2 Å². The van der Waals surface area contributed by atoms with E-state index in [-0.39, 0.29) is 23.9 Å². The largest absolute Gasteiger partial charge is 0.416 e. The van der Waals surface area contributed by atoms with Crippen molar-refractivity contribution < 1.29 is 21.6 Å². The summed E-state index contributed by atoms with van der Waals surface area (Å²) in [6, 6.07) is 11.7. The Morgan fingerprint density at radius 1 is 1.03 bits per heavy atom. The second kappa shape index (κ2) is 7.46. The number of hydrogen-bond donors (Lipinski definition) is 0. The molecule has 154 valence electrons. The number of nitrogens with zero attached hydrogens (tertiary/aromatic N) is 3. The van der Waals surface area contributed by atoms with E-state index in [9.17, 15) is 21.6 Å². The van der Waals surface area contributed by atoms with Crippen LogP contribution >= 0.6 is 0 Å². The van der Waals surface area contributed by atoms with Crippen LogP contribution in [0.1, 0.15) is 18.4 Å². The average molecular weight is 423 g/mol. The maximum absolute atomic E-state index is 12.9. The summed E-state index contributed by atoms with van der Waals surface area (Å²) < 4.78 is 67.7. The molecule has 0 radical (unpaired) electrons. The zero-order valence-corrected chi connectivity index (χ0v) is 16.3. The number of sulfonamides is 1. The summed E-state index contributed by atoms with van der Waals surface area (Å²) in [7, 11) is -3.95. The van der Waals surface area contributed by atoms with E-state index in [0.717, 1.165) is 29.7 Å². The second-order valence-electron chi connectivity index (χ2n) is 7.26. The van der Waals surface area contributed by atoms with Gasteiger partial charge in [-0.1, -0.05) is 18.2 Å². The summed E-state index contributed by atoms with van der Waals surface area (Å²) >= 11 is 0. The second-order valence-corrected chi connectivity index (χ2v) is 9.20. The number of alkyl halides is 3. The minimum atomic E-state index is -4.58. The van der Waals surface area contributed by atoms with Crippen molar-refractivity contribution in [3.8, 4) is 0 Å². The fourth-order valence-electron chi connectivity index (χ4n) is 3.75. The lowest BCUT2D eigenvalue weighted by Crippen LogP contribution is -2.39. The predicted molar refractivity (Wildman–Crippen MR) is 103 cm³/mol. The molecule has 0 saturated carbocycles. The van der Waals surface area contributed by atoms with Gasteiger partial charge in [0.05, 0.1) is 27.8 Å². The number of imidazole rings is 1. The highest BCUT2D eigenvalue weighted by Crippen LogP contribution is 2.32. The van der Waals surface area contributed by atoms with E-state index in [0.29, 0.717) is 18.9 Å². The van der Waals surface area contributed by atoms with Gasteiger partial charge in [-0.3, -0.25) is 0 Å². The molecule has 2 heterocycles. The van der Waals surface area contributed by atoms with E-state index < -0.39 is 21.8 Å². The van der Waals surface area contributed by atoms with Crippen LogP contribution < -0.4 is 0 Å². The van der Waals surface area contributed by atoms with Gasteiger partial charge < -0.3 is 4.57 Å². The third-order valence-electron chi connectivity index (χ3n) is 5.35. The summed E-state index contributed by atoms with van der Waals surface area (Å²) in [5, 5.41) is 0. The number of para-hydroxylation sites is 2. The maximum atomic E-state index is 12.9. The van der Waals surface area contributed by atoms with Crippen molar-refractivity contribution in [2.24, 2.45) is 5.92 Å². The zero-order valence-electron chi connectivity index (χ0n) is 15.5. The molecule has 5 nitrogen and oxygen atoms in total. The van der Waals surface area contributed by atoms with E-state index in [1.807, 2.05) is 24.3 Å². The van der Waals surface area contributed by atoms with Crippen LogP contribution in [0.15, 0.2) is 59.8 Å². The summed E-state index contributed by atoms with van der Waals surface area (Å²) in [5.74, 6) is 0.278. The number of fused-ring (bicyclic) bond motifs is 1. The van der Waals surface area contributed by atoms with Gasteiger partial charge in [0, 0.05) is 19.6 Å². The van der Waals surface area contributed by atoms with Gasteiger partial charge in [-0.05, 0) is 49.1 Å². The first-order chi connectivity index (χ1) is 13.7. The topological polar surface area (TPSA) is 55.2 Å². The van der Waals surface area contributed by atoms with Gasteiger partial charge >= 0.3 is 6.18 Å². The van der Waals surface area contributed by atoms with Crippen LogP contribution in [0.25, 0.3) is 11.0 Å². The molecule has 3 aromatic rings. The molecule has 1 fully saturated rings. The molecule has 0 bridgehead atoms. The van der Waals surface area contributed by atoms with Crippen LogP contribution in [-0.4, -0.2) is 35.4 Å². The SMILES string of the molecule is O=S(=O)(c1cccc(C(F)(F)F)c1)N1CCC(Cn2cnc3ccccc32)CC1. The first-order valence-corrected chi connectivity index (χ1v) is 10.8. The Kier molecular flexibility index (Phi) is 5.12. The van der Waals surface area contributed by atoms with Gasteiger partial charge in [0.1, 0.15) is 0 Å². The third-order valence-corrected chi connectivity index (χ3v) is 7.25. The highest BCUT2D eigenvalue weighted by molar-refractivity contribution is 7.89. The summed E-state index contributed by atoms with van der Waals surface area (Å²) in [6.07, 6.45) is -1.50. The first-order valence-electron chi connectivity index (χ1n) is 9.32. The zero-order chi connectivity index (χ0) is 20.6. The van der Waals surface area contributed by atoms with Gasteiger partial charge in [0.25, 0.3) is 0 Å². The van der Waals surface area contributed by atoms with Gasteiger partial charge in [0.15, 0.2) is 0 Å². The molecule has 1 aromatic heterocycles. The van der Waals surface area contributed by atoms with E-state index in [1.165, 1.54) is 10.4 Å². The molecule has 0 unspecified atom stereocenters. The molecule has 1 aliphatic heterocycles. The van der Waals surface area contributed by atoms with Crippen LogP contribution in [0.5, 0.6) is 0 Å². The van der Waals surface area contributed by atoms with Gasteiger partial charge in [-0.15, -0.1) is 0 Å². The Morgan fingerprint density at radius 2 is 1.76 bits per heavy atom. The molecule has 0 spiro atoms. The van der Waals surface area contributed by atoms with Crippen LogP contribution in [0.3, 0.4) is 0 Å². The van der Waals surface area contributed by atoms with Crippen molar-refractivity contribution in [2.45, 2.75) is 30.5 Å². The maximum Gasteiger partial charge on any atom is 0.416 e. The van der Waals surface area contributed by atoms with E-state index in [2.05, 4.69) is 9.55 Å². The van der Waals surface area contributed by atoms with Crippen molar-refractivity contribution in [3.05, 3.63) is 60.4 Å². The van der Waals surface area contributed by atoms with Gasteiger partial charge in [-0.25, -0.2) is 13.4 Å². The van der Waals surface area contributed by atoms with Crippen LogP contribution in [0, 0.1) is 5.92 Å². The summed E-state index contributed by atoms with van der Waals surface area (Å²) in [4.78, 5) is 4.06. The van der Waals surface area contributed by atoms with Crippen LogP contribution in [0.2, 0.25) is 0 Å². The highest BCUT2D eigenvalue weighted by atomic mass is 32.2. The molecule has 1 saturated heterocycles. The Balaban J connectivity index is 1.45. The number of halogens is 3. The number of benzene rings is 2. The molecule has 0 atom stereocenters. The molecular weight excluding hydrogens is 403 g/mol.